The Kier molecular flexibility index (Phi) is 3.23. The zero-order chi connectivity index (χ0) is 10.7. The molecule has 1 fully saturated rings. The minimum atomic E-state index is 0.393. The Morgan fingerprint density at radius 2 is 1.73 bits per heavy atom. The number of hydrogen-bond acceptors (Lipinski definition) is 3. The van der Waals surface area contributed by atoms with Gasteiger partial charge in [-0.3, -0.25) is 0 Å². The van der Waals surface area contributed by atoms with Crippen molar-refractivity contribution in [2.45, 2.75) is 25.4 Å². The molecule has 3 heteroatoms. The molecular weight excluding hydrogens is 186 g/mol. The topological polar surface area (TPSA) is 55.3 Å². The molecule has 2 rings (SSSR count). The Bertz CT molecular complexity index is 299. The second-order valence-electron chi connectivity index (χ2n) is 4.20. The van der Waals surface area contributed by atoms with Crippen LogP contribution < -0.4 is 16.4 Å². The number of anilines is 1. The fourth-order valence-electron chi connectivity index (χ4n) is 2.00. The monoisotopic (exact) mass is 205 g/mol. The average molecular weight is 205 g/mol. The Hall–Kier alpha value is -1.06. The van der Waals surface area contributed by atoms with Crippen molar-refractivity contribution < 1.29 is 0 Å². The van der Waals surface area contributed by atoms with Gasteiger partial charge in [0.1, 0.15) is 0 Å². The summed E-state index contributed by atoms with van der Waals surface area (Å²) in [6.45, 7) is 2.76. The van der Waals surface area contributed by atoms with Crippen LogP contribution >= 0.6 is 0 Å². The van der Waals surface area contributed by atoms with Crippen molar-refractivity contribution in [1.29, 1.82) is 0 Å². The van der Waals surface area contributed by atoms with Gasteiger partial charge >= 0.3 is 0 Å². The summed E-state index contributed by atoms with van der Waals surface area (Å²) in [6, 6.07) is 8.90. The van der Waals surface area contributed by atoms with Gasteiger partial charge in [0.25, 0.3) is 0 Å². The van der Waals surface area contributed by atoms with E-state index < -0.39 is 0 Å². The van der Waals surface area contributed by atoms with Crippen LogP contribution in [0.15, 0.2) is 24.3 Å². The van der Waals surface area contributed by atoms with Crippen LogP contribution in [0.3, 0.4) is 0 Å². The fraction of sp³-hybridized carbons (Fsp3) is 0.500. The largest absolute Gasteiger partial charge is 0.371 e. The Morgan fingerprint density at radius 1 is 1.13 bits per heavy atom. The summed E-state index contributed by atoms with van der Waals surface area (Å²) >= 11 is 0. The summed E-state index contributed by atoms with van der Waals surface area (Å²) in [4.78, 5) is 2.39. The molecule has 0 spiro atoms. The van der Waals surface area contributed by atoms with Gasteiger partial charge in [-0.25, -0.2) is 0 Å². The van der Waals surface area contributed by atoms with E-state index in [4.69, 9.17) is 11.5 Å². The summed E-state index contributed by atoms with van der Waals surface area (Å²) in [5.74, 6) is 0. The van der Waals surface area contributed by atoms with E-state index in [1.165, 1.54) is 11.3 Å². The van der Waals surface area contributed by atoms with Gasteiger partial charge in [0.05, 0.1) is 0 Å². The second kappa shape index (κ2) is 4.64. The summed E-state index contributed by atoms with van der Waals surface area (Å²) in [5, 5.41) is 0. The first-order valence-corrected chi connectivity index (χ1v) is 5.59. The van der Waals surface area contributed by atoms with Crippen molar-refractivity contribution in [1.82, 2.24) is 0 Å². The van der Waals surface area contributed by atoms with Gasteiger partial charge in [-0.15, -0.1) is 0 Å². The molecule has 1 aromatic rings. The molecule has 1 aliphatic heterocycles. The maximum Gasteiger partial charge on any atom is 0.0366 e. The van der Waals surface area contributed by atoms with E-state index in [-0.39, 0.29) is 0 Å². The third-order valence-corrected chi connectivity index (χ3v) is 3.08. The quantitative estimate of drug-likeness (QED) is 0.759. The highest BCUT2D eigenvalue weighted by molar-refractivity contribution is 5.48. The summed E-state index contributed by atoms with van der Waals surface area (Å²) in [7, 11) is 0. The SMILES string of the molecule is NCc1ccc(N2CCC(N)CC2)cc1. The molecule has 1 saturated heterocycles. The third kappa shape index (κ3) is 2.49. The predicted molar refractivity (Wildman–Crippen MR) is 63.8 cm³/mol. The zero-order valence-electron chi connectivity index (χ0n) is 9.02. The summed E-state index contributed by atoms with van der Waals surface area (Å²) in [5.41, 5.74) is 13.9. The number of nitrogens with two attached hydrogens (primary N) is 2. The van der Waals surface area contributed by atoms with Crippen LogP contribution in [0.5, 0.6) is 0 Å². The number of hydrogen-bond donors (Lipinski definition) is 2. The van der Waals surface area contributed by atoms with Crippen molar-refractivity contribution in [2.75, 3.05) is 18.0 Å². The molecule has 0 unspecified atom stereocenters. The van der Waals surface area contributed by atoms with Crippen LogP contribution in [0.2, 0.25) is 0 Å². The van der Waals surface area contributed by atoms with Crippen molar-refractivity contribution in [3.8, 4) is 0 Å². The van der Waals surface area contributed by atoms with Gasteiger partial charge in [-0.2, -0.15) is 0 Å². The number of benzene rings is 1. The van der Waals surface area contributed by atoms with E-state index in [0.717, 1.165) is 25.9 Å². The van der Waals surface area contributed by atoms with Gasteiger partial charge in [-0.05, 0) is 30.5 Å². The summed E-state index contributed by atoms with van der Waals surface area (Å²) < 4.78 is 0. The Morgan fingerprint density at radius 3 is 2.27 bits per heavy atom. The van der Waals surface area contributed by atoms with Crippen LogP contribution in [0.4, 0.5) is 5.69 Å². The molecule has 15 heavy (non-hydrogen) atoms. The molecule has 0 saturated carbocycles. The zero-order valence-corrected chi connectivity index (χ0v) is 9.02. The van der Waals surface area contributed by atoms with E-state index in [2.05, 4.69) is 29.2 Å². The lowest BCUT2D eigenvalue weighted by atomic mass is 10.1. The van der Waals surface area contributed by atoms with Crippen LogP contribution in [0.25, 0.3) is 0 Å². The molecule has 1 heterocycles. The van der Waals surface area contributed by atoms with Gasteiger partial charge in [0.15, 0.2) is 0 Å². The number of piperidine rings is 1. The highest BCUT2D eigenvalue weighted by Gasteiger charge is 2.15. The first-order chi connectivity index (χ1) is 7.29. The second-order valence-corrected chi connectivity index (χ2v) is 4.20. The molecule has 1 aliphatic rings. The highest BCUT2D eigenvalue weighted by atomic mass is 15.1. The molecule has 82 valence electrons. The number of nitrogens with zero attached hydrogens (tertiary/aromatic N) is 1. The molecule has 0 aliphatic carbocycles. The number of rotatable bonds is 2. The maximum atomic E-state index is 5.88. The van der Waals surface area contributed by atoms with Gasteiger partial charge in [-0.1, -0.05) is 12.1 Å². The first kappa shape index (κ1) is 10.5. The minimum absolute atomic E-state index is 0.393. The van der Waals surface area contributed by atoms with E-state index in [0.29, 0.717) is 12.6 Å². The summed E-state index contributed by atoms with van der Waals surface area (Å²) in [6.07, 6.45) is 2.19. The first-order valence-electron chi connectivity index (χ1n) is 5.59. The van der Waals surface area contributed by atoms with Crippen LogP contribution in [-0.2, 0) is 6.54 Å². The molecule has 0 atom stereocenters. The van der Waals surface area contributed by atoms with Crippen LogP contribution in [0, 0.1) is 0 Å². The Labute approximate surface area is 91.1 Å². The van der Waals surface area contributed by atoms with Crippen molar-refractivity contribution in [3.05, 3.63) is 29.8 Å². The van der Waals surface area contributed by atoms with Gasteiger partial charge in [0.2, 0.25) is 0 Å². The third-order valence-electron chi connectivity index (χ3n) is 3.08. The molecule has 0 bridgehead atoms. The molecule has 1 aromatic carbocycles. The lowest BCUT2D eigenvalue weighted by molar-refractivity contribution is 0.501. The maximum absolute atomic E-state index is 5.88. The lowest BCUT2D eigenvalue weighted by Gasteiger charge is -2.32. The van der Waals surface area contributed by atoms with E-state index in [1.807, 2.05) is 0 Å². The van der Waals surface area contributed by atoms with Crippen LogP contribution in [0.1, 0.15) is 18.4 Å². The standard InChI is InChI=1S/C12H19N3/c13-9-10-1-3-12(4-2-10)15-7-5-11(14)6-8-15/h1-4,11H,5-9,13-14H2. The van der Waals surface area contributed by atoms with E-state index in [1.54, 1.807) is 0 Å². The fourth-order valence-corrected chi connectivity index (χ4v) is 2.00. The molecule has 3 nitrogen and oxygen atoms in total. The van der Waals surface area contributed by atoms with Crippen LogP contribution in [-0.4, -0.2) is 19.1 Å². The highest BCUT2D eigenvalue weighted by Crippen LogP contribution is 2.19. The van der Waals surface area contributed by atoms with Crippen molar-refractivity contribution in [2.24, 2.45) is 11.5 Å². The van der Waals surface area contributed by atoms with Gasteiger partial charge in [0, 0.05) is 31.4 Å². The van der Waals surface area contributed by atoms with Crippen molar-refractivity contribution >= 4 is 5.69 Å². The molecule has 0 amide bonds. The molecule has 4 N–H and O–H groups in total. The molecule has 0 aromatic heterocycles. The average Bonchev–Trinajstić information content (AvgIpc) is 2.30. The van der Waals surface area contributed by atoms with E-state index in [9.17, 15) is 0 Å². The minimum Gasteiger partial charge on any atom is -0.371 e. The molecule has 0 radical (unpaired) electrons. The Balaban J connectivity index is 2.03. The predicted octanol–water partition coefficient (Wildman–Crippen LogP) is 1.07. The van der Waals surface area contributed by atoms with Gasteiger partial charge < -0.3 is 16.4 Å². The molecular formula is C12H19N3. The smallest absolute Gasteiger partial charge is 0.0366 e. The van der Waals surface area contributed by atoms with E-state index >= 15 is 0 Å². The lowest BCUT2D eigenvalue weighted by Crippen LogP contribution is -2.39. The normalized spacial score (nSPS) is 18.1. The van der Waals surface area contributed by atoms with Crippen molar-refractivity contribution in [3.63, 3.8) is 0 Å².